The van der Waals surface area contributed by atoms with Crippen molar-refractivity contribution in [3.63, 3.8) is 0 Å². The third-order valence-corrected chi connectivity index (χ3v) is 6.08. The second kappa shape index (κ2) is 8.76. The van der Waals surface area contributed by atoms with Gasteiger partial charge in [0, 0.05) is 25.1 Å². The Morgan fingerprint density at radius 2 is 2.07 bits per heavy atom. The molecule has 0 bridgehead atoms. The van der Waals surface area contributed by atoms with Gasteiger partial charge in [0.15, 0.2) is 0 Å². The van der Waals surface area contributed by atoms with Gasteiger partial charge in [-0.3, -0.25) is 4.79 Å². The second-order valence-corrected chi connectivity index (χ2v) is 8.08. The van der Waals surface area contributed by atoms with Crippen molar-refractivity contribution in [3.05, 3.63) is 30.2 Å². The van der Waals surface area contributed by atoms with E-state index < -0.39 is 0 Å². The number of likely N-dealkylation sites (tertiary alicyclic amines) is 1. The van der Waals surface area contributed by atoms with Gasteiger partial charge in [0.05, 0.1) is 13.0 Å². The maximum Gasteiger partial charge on any atom is 0.231 e. The molecule has 4 rings (SSSR count). The minimum absolute atomic E-state index is 0.121. The van der Waals surface area contributed by atoms with E-state index >= 15 is 0 Å². The average Bonchev–Trinajstić information content (AvgIpc) is 3.25. The minimum Gasteiger partial charge on any atom is -0.497 e. The first-order valence-corrected chi connectivity index (χ1v) is 10.5. The first kappa shape index (κ1) is 19.0. The van der Waals surface area contributed by atoms with Crippen LogP contribution in [0.3, 0.4) is 0 Å². The van der Waals surface area contributed by atoms with Gasteiger partial charge in [-0.25, -0.2) is 0 Å². The van der Waals surface area contributed by atoms with E-state index in [1.54, 1.807) is 7.11 Å². The van der Waals surface area contributed by atoms with Gasteiger partial charge in [-0.2, -0.15) is 4.98 Å². The lowest BCUT2D eigenvalue weighted by atomic mass is 9.86. The van der Waals surface area contributed by atoms with E-state index in [2.05, 4.69) is 10.1 Å². The molecule has 0 unspecified atom stereocenters. The van der Waals surface area contributed by atoms with Gasteiger partial charge >= 0.3 is 0 Å². The molecule has 0 spiro atoms. The van der Waals surface area contributed by atoms with Crippen molar-refractivity contribution in [1.29, 1.82) is 0 Å². The number of methoxy groups -OCH3 is 1. The minimum atomic E-state index is 0.121. The van der Waals surface area contributed by atoms with Crippen LogP contribution in [0.15, 0.2) is 28.8 Å². The lowest BCUT2D eigenvalue weighted by molar-refractivity contribution is -0.133. The molecule has 28 heavy (non-hydrogen) atoms. The van der Waals surface area contributed by atoms with Crippen LogP contribution in [-0.4, -0.2) is 41.1 Å². The Labute approximate surface area is 166 Å². The van der Waals surface area contributed by atoms with Crippen molar-refractivity contribution in [1.82, 2.24) is 15.0 Å². The summed E-state index contributed by atoms with van der Waals surface area (Å²) in [5.74, 6) is 2.96. The number of nitrogens with zero attached hydrogens (tertiary/aromatic N) is 3. The molecule has 1 atom stereocenters. The standard InChI is InChI=1S/C22H29N3O3/c1-27-19-11-5-9-17(14-19)21-23-22(28-24-21)18-10-6-12-25(15-18)20(26)13-16-7-3-2-4-8-16/h5,9,11,14,16,18H,2-4,6-8,10,12-13,15H2,1H3/t18-/m0/s1. The predicted molar refractivity (Wildman–Crippen MR) is 106 cm³/mol. The fourth-order valence-electron chi connectivity index (χ4n) is 4.45. The summed E-state index contributed by atoms with van der Waals surface area (Å²) in [4.78, 5) is 19.4. The van der Waals surface area contributed by atoms with E-state index in [1.807, 2.05) is 29.2 Å². The molecule has 2 aliphatic rings. The maximum atomic E-state index is 12.8. The summed E-state index contributed by atoms with van der Waals surface area (Å²) in [7, 11) is 1.64. The summed E-state index contributed by atoms with van der Waals surface area (Å²) < 4.78 is 10.8. The number of amides is 1. The largest absolute Gasteiger partial charge is 0.497 e. The van der Waals surface area contributed by atoms with Gasteiger partial charge < -0.3 is 14.2 Å². The number of ether oxygens (including phenoxy) is 1. The van der Waals surface area contributed by atoms with Gasteiger partial charge in [-0.05, 0) is 43.7 Å². The summed E-state index contributed by atoms with van der Waals surface area (Å²) in [6.45, 7) is 1.53. The third-order valence-electron chi connectivity index (χ3n) is 6.08. The number of benzene rings is 1. The van der Waals surface area contributed by atoms with Crippen molar-refractivity contribution < 1.29 is 14.1 Å². The van der Waals surface area contributed by atoms with Gasteiger partial charge in [0.25, 0.3) is 0 Å². The Morgan fingerprint density at radius 1 is 1.21 bits per heavy atom. The SMILES string of the molecule is COc1cccc(-c2noc([C@H]3CCCN(C(=O)CC4CCCCC4)C3)n2)c1. The van der Waals surface area contributed by atoms with E-state index in [4.69, 9.17) is 9.26 Å². The normalized spacial score (nSPS) is 20.9. The molecule has 1 amide bonds. The highest BCUT2D eigenvalue weighted by Gasteiger charge is 2.30. The van der Waals surface area contributed by atoms with Crippen molar-refractivity contribution in [2.45, 2.75) is 57.3 Å². The molecule has 150 valence electrons. The second-order valence-electron chi connectivity index (χ2n) is 8.08. The molecule has 2 heterocycles. The van der Waals surface area contributed by atoms with E-state index in [9.17, 15) is 4.79 Å². The molecule has 1 aromatic heterocycles. The highest BCUT2D eigenvalue weighted by molar-refractivity contribution is 5.76. The van der Waals surface area contributed by atoms with Crippen LogP contribution in [0, 0.1) is 5.92 Å². The molecule has 0 N–H and O–H groups in total. The maximum absolute atomic E-state index is 12.8. The molecule has 6 nitrogen and oxygen atoms in total. The summed E-state index contributed by atoms with van der Waals surface area (Å²) in [6.07, 6.45) is 8.94. The van der Waals surface area contributed by atoms with Crippen LogP contribution in [-0.2, 0) is 4.79 Å². The number of carbonyl (C=O) groups is 1. The van der Waals surface area contributed by atoms with Gasteiger partial charge in [-0.1, -0.05) is 36.6 Å². The van der Waals surface area contributed by atoms with Crippen LogP contribution in [0.25, 0.3) is 11.4 Å². The highest BCUT2D eigenvalue weighted by atomic mass is 16.5. The Morgan fingerprint density at radius 3 is 2.89 bits per heavy atom. The quantitative estimate of drug-likeness (QED) is 0.764. The zero-order valence-electron chi connectivity index (χ0n) is 16.6. The zero-order chi connectivity index (χ0) is 19.3. The van der Waals surface area contributed by atoms with Crippen molar-refractivity contribution in [2.75, 3.05) is 20.2 Å². The van der Waals surface area contributed by atoms with E-state index in [1.165, 1.54) is 32.1 Å². The molecule has 6 heteroatoms. The monoisotopic (exact) mass is 383 g/mol. The smallest absolute Gasteiger partial charge is 0.231 e. The van der Waals surface area contributed by atoms with E-state index in [0.717, 1.165) is 30.7 Å². The molecule has 1 aliphatic heterocycles. The Bertz CT molecular complexity index is 798. The van der Waals surface area contributed by atoms with Crippen LogP contribution in [0.4, 0.5) is 0 Å². The van der Waals surface area contributed by atoms with Crippen molar-refractivity contribution >= 4 is 5.91 Å². The van der Waals surface area contributed by atoms with Crippen molar-refractivity contribution in [2.24, 2.45) is 5.92 Å². The molecule has 2 fully saturated rings. The average molecular weight is 383 g/mol. The van der Waals surface area contributed by atoms with Crippen LogP contribution < -0.4 is 4.74 Å². The predicted octanol–water partition coefficient (Wildman–Crippen LogP) is 4.42. The molecular formula is C22H29N3O3. The van der Waals surface area contributed by atoms with Crippen LogP contribution in [0.2, 0.25) is 0 Å². The van der Waals surface area contributed by atoms with Crippen LogP contribution in [0.5, 0.6) is 5.75 Å². The topological polar surface area (TPSA) is 68.5 Å². The number of carbonyl (C=O) groups excluding carboxylic acids is 1. The van der Waals surface area contributed by atoms with Gasteiger partial charge in [-0.15, -0.1) is 0 Å². The van der Waals surface area contributed by atoms with Gasteiger partial charge in [0.2, 0.25) is 17.6 Å². The molecular weight excluding hydrogens is 354 g/mol. The summed E-state index contributed by atoms with van der Waals surface area (Å²) in [6, 6.07) is 7.64. The Hall–Kier alpha value is -2.37. The number of aromatic nitrogens is 2. The Balaban J connectivity index is 1.40. The first-order chi connectivity index (χ1) is 13.7. The molecule has 0 radical (unpaired) electrons. The number of piperidine rings is 1. The van der Waals surface area contributed by atoms with Crippen molar-refractivity contribution in [3.8, 4) is 17.1 Å². The number of hydrogen-bond acceptors (Lipinski definition) is 5. The number of hydrogen-bond donors (Lipinski definition) is 0. The fraction of sp³-hybridized carbons (Fsp3) is 0.591. The van der Waals surface area contributed by atoms with E-state index in [0.29, 0.717) is 36.5 Å². The van der Waals surface area contributed by atoms with Gasteiger partial charge in [0.1, 0.15) is 5.75 Å². The van der Waals surface area contributed by atoms with Crippen LogP contribution >= 0.6 is 0 Å². The molecule has 2 aromatic rings. The summed E-state index contributed by atoms with van der Waals surface area (Å²) in [5, 5.41) is 4.16. The molecule has 1 aliphatic carbocycles. The van der Waals surface area contributed by atoms with Crippen LogP contribution in [0.1, 0.15) is 63.2 Å². The lowest BCUT2D eigenvalue weighted by Gasteiger charge is -2.32. The molecule has 1 aromatic carbocycles. The Kier molecular flexibility index (Phi) is 5.93. The molecule has 1 saturated heterocycles. The zero-order valence-corrected chi connectivity index (χ0v) is 16.6. The van der Waals surface area contributed by atoms with E-state index in [-0.39, 0.29) is 5.92 Å². The third kappa shape index (κ3) is 4.37. The summed E-state index contributed by atoms with van der Waals surface area (Å²) >= 11 is 0. The fourth-order valence-corrected chi connectivity index (χ4v) is 4.45. The summed E-state index contributed by atoms with van der Waals surface area (Å²) in [5.41, 5.74) is 0.871. The highest BCUT2D eigenvalue weighted by Crippen LogP contribution is 2.31. The number of rotatable bonds is 5. The lowest BCUT2D eigenvalue weighted by Crippen LogP contribution is -2.40. The first-order valence-electron chi connectivity index (χ1n) is 10.5. The molecule has 1 saturated carbocycles.